The first-order valence-electron chi connectivity index (χ1n) is 10.5. The molecule has 0 radical (unpaired) electrons. The summed E-state index contributed by atoms with van der Waals surface area (Å²) >= 11 is 12.5. The molecule has 0 saturated carbocycles. The molecule has 0 bridgehead atoms. The van der Waals surface area contributed by atoms with Crippen LogP contribution in [0.1, 0.15) is 5.56 Å². The van der Waals surface area contributed by atoms with Gasteiger partial charge in [-0.3, -0.25) is 4.99 Å². The second-order valence-electron chi connectivity index (χ2n) is 7.76. The van der Waals surface area contributed by atoms with Gasteiger partial charge in [0.1, 0.15) is 5.52 Å². The van der Waals surface area contributed by atoms with E-state index in [1.54, 1.807) is 6.07 Å². The highest BCUT2D eigenvalue weighted by Crippen LogP contribution is 2.35. The van der Waals surface area contributed by atoms with Crippen molar-refractivity contribution in [2.24, 2.45) is 4.99 Å². The molecule has 33 heavy (non-hydrogen) atoms. The van der Waals surface area contributed by atoms with Crippen LogP contribution in [0.5, 0.6) is 0 Å². The minimum atomic E-state index is 0.423. The third kappa shape index (κ3) is 3.56. The second-order valence-corrected chi connectivity index (χ2v) is 8.55. The molecule has 0 spiro atoms. The lowest BCUT2D eigenvalue weighted by Crippen LogP contribution is -1.88. The minimum absolute atomic E-state index is 0.423. The summed E-state index contributed by atoms with van der Waals surface area (Å²) in [5.74, 6) is 0.429. The van der Waals surface area contributed by atoms with Gasteiger partial charge in [-0.1, -0.05) is 77.8 Å². The van der Waals surface area contributed by atoms with Crippen LogP contribution < -0.4 is 0 Å². The Kier molecular flexibility index (Phi) is 4.87. The Balaban J connectivity index is 1.44. The Morgan fingerprint density at radius 1 is 0.758 bits per heavy atom. The molecule has 6 rings (SSSR count). The Morgan fingerprint density at radius 2 is 1.48 bits per heavy atom. The van der Waals surface area contributed by atoms with Gasteiger partial charge in [0.25, 0.3) is 0 Å². The smallest absolute Gasteiger partial charge is 0.228 e. The van der Waals surface area contributed by atoms with E-state index in [4.69, 9.17) is 32.6 Å². The van der Waals surface area contributed by atoms with Gasteiger partial charge in [0.15, 0.2) is 5.58 Å². The second kappa shape index (κ2) is 8.04. The van der Waals surface area contributed by atoms with E-state index in [1.807, 2.05) is 36.5 Å². The van der Waals surface area contributed by atoms with Crippen LogP contribution in [0.3, 0.4) is 0 Å². The number of benzene rings is 5. The van der Waals surface area contributed by atoms with Crippen LogP contribution in [0.4, 0.5) is 5.69 Å². The largest absolute Gasteiger partial charge is 0.436 e. The lowest BCUT2D eigenvalue weighted by molar-refractivity contribution is 0.620. The number of nitrogens with zero attached hydrogens (tertiary/aromatic N) is 2. The topological polar surface area (TPSA) is 38.4 Å². The molecular weight excluding hydrogens is 451 g/mol. The Morgan fingerprint density at radius 3 is 2.24 bits per heavy atom. The van der Waals surface area contributed by atoms with Crippen LogP contribution in [0, 0.1) is 0 Å². The van der Waals surface area contributed by atoms with Crippen LogP contribution >= 0.6 is 23.2 Å². The van der Waals surface area contributed by atoms with Crippen LogP contribution in [0.15, 0.2) is 100 Å². The monoisotopic (exact) mass is 466 g/mol. The number of halogens is 2. The summed E-state index contributed by atoms with van der Waals surface area (Å²) in [7, 11) is 0. The molecule has 0 fully saturated rings. The van der Waals surface area contributed by atoms with Gasteiger partial charge in [-0.15, -0.1) is 0 Å². The summed E-state index contributed by atoms with van der Waals surface area (Å²) in [5, 5.41) is 5.59. The van der Waals surface area contributed by atoms with Gasteiger partial charge < -0.3 is 4.42 Å². The van der Waals surface area contributed by atoms with E-state index in [0.717, 1.165) is 11.3 Å². The van der Waals surface area contributed by atoms with Gasteiger partial charge in [0.05, 0.1) is 21.3 Å². The number of hydrogen-bond donors (Lipinski definition) is 0. The molecule has 0 aliphatic rings. The lowest BCUT2D eigenvalue weighted by atomic mass is 9.97. The van der Waals surface area contributed by atoms with Gasteiger partial charge in [-0.05, 0) is 57.9 Å². The van der Waals surface area contributed by atoms with E-state index in [1.165, 1.54) is 21.5 Å². The fourth-order valence-electron chi connectivity index (χ4n) is 4.11. The average molecular weight is 467 g/mol. The molecule has 0 unspecified atom stereocenters. The fraction of sp³-hybridized carbons (Fsp3) is 0. The first-order chi connectivity index (χ1) is 16.2. The number of hydrogen-bond acceptors (Lipinski definition) is 3. The molecule has 0 atom stereocenters. The maximum atomic E-state index is 6.34. The summed E-state index contributed by atoms with van der Waals surface area (Å²) in [6.45, 7) is 0. The summed E-state index contributed by atoms with van der Waals surface area (Å²) in [6.07, 6.45) is 1.93. The van der Waals surface area contributed by atoms with E-state index in [0.29, 0.717) is 32.6 Å². The molecule has 0 aliphatic carbocycles. The zero-order valence-electron chi connectivity index (χ0n) is 17.3. The summed E-state index contributed by atoms with van der Waals surface area (Å²) in [4.78, 5) is 9.40. The Hall–Kier alpha value is -3.66. The van der Waals surface area contributed by atoms with Crippen molar-refractivity contribution in [2.75, 3.05) is 0 Å². The summed E-state index contributed by atoms with van der Waals surface area (Å²) < 4.78 is 5.92. The van der Waals surface area contributed by atoms with Crippen molar-refractivity contribution in [3.8, 4) is 11.5 Å². The van der Waals surface area contributed by atoms with Crippen molar-refractivity contribution in [3.63, 3.8) is 0 Å². The molecule has 0 aliphatic heterocycles. The summed E-state index contributed by atoms with van der Waals surface area (Å²) in [6, 6.07) is 30.0. The first kappa shape index (κ1) is 20.0. The lowest BCUT2D eigenvalue weighted by Gasteiger charge is -2.07. The van der Waals surface area contributed by atoms with Crippen LogP contribution in [-0.2, 0) is 0 Å². The minimum Gasteiger partial charge on any atom is -0.436 e. The number of fused-ring (bicyclic) bond motifs is 3. The highest BCUT2D eigenvalue weighted by Gasteiger charge is 2.14. The molecule has 158 valence electrons. The van der Waals surface area contributed by atoms with Crippen molar-refractivity contribution in [1.29, 1.82) is 0 Å². The molecule has 0 saturated heterocycles. The first-order valence-corrected chi connectivity index (χ1v) is 11.2. The predicted octanol–water partition coefficient (Wildman–Crippen LogP) is 8.86. The number of rotatable bonds is 3. The molecule has 1 aromatic heterocycles. The normalized spacial score (nSPS) is 11.8. The van der Waals surface area contributed by atoms with E-state index >= 15 is 0 Å². The fourth-order valence-corrected chi connectivity index (χ4v) is 4.49. The van der Waals surface area contributed by atoms with Crippen LogP contribution in [0.25, 0.3) is 44.1 Å². The molecule has 5 heteroatoms. The SMILES string of the molecule is Clc1cccc(-c2nc3cc(N=Cc4c5ccccc5cc5ccccc45)ccc3o2)c1Cl. The van der Waals surface area contributed by atoms with Crippen molar-refractivity contribution in [2.45, 2.75) is 0 Å². The maximum absolute atomic E-state index is 6.34. The molecule has 6 aromatic rings. The Labute approximate surface area is 199 Å². The maximum Gasteiger partial charge on any atom is 0.228 e. The predicted molar refractivity (Wildman–Crippen MR) is 138 cm³/mol. The van der Waals surface area contributed by atoms with Gasteiger partial charge in [0, 0.05) is 11.8 Å². The molecular formula is C28H16Cl2N2O. The zero-order valence-corrected chi connectivity index (χ0v) is 18.8. The highest BCUT2D eigenvalue weighted by molar-refractivity contribution is 6.43. The van der Waals surface area contributed by atoms with E-state index < -0.39 is 0 Å². The highest BCUT2D eigenvalue weighted by atomic mass is 35.5. The molecule has 0 N–H and O–H groups in total. The van der Waals surface area contributed by atoms with E-state index in [-0.39, 0.29) is 0 Å². The zero-order chi connectivity index (χ0) is 22.4. The Bertz CT molecular complexity index is 1650. The molecule has 0 amide bonds. The van der Waals surface area contributed by atoms with E-state index in [9.17, 15) is 0 Å². The van der Waals surface area contributed by atoms with Gasteiger partial charge in [-0.25, -0.2) is 4.98 Å². The third-order valence-corrected chi connectivity index (χ3v) is 6.53. The molecule has 3 nitrogen and oxygen atoms in total. The van der Waals surface area contributed by atoms with Crippen LogP contribution in [0.2, 0.25) is 10.0 Å². The van der Waals surface area contributed by atoms with Gasteiger partial charge in [-0.2, -0.15) is 0 Å². The van der Waals surface area contributed by atoms with Crippen molar-refractivity contribution in [1.82, 2.24) is 4.98 Å². The summed E-state index contributed by atoms with van der Waals surface area (Å²) in [5.41, 5.74) is 3.91. The van der Waals surface area contributed by atoms with Crippen molar-refractivity contribution in [3.05, 3.63) is 107 Å². The van der Waals surface area contributed by atoms with Gasteiger partial charge >= 0.3 is 0 Å². The number of aromatic nitrogens is 1. The molecule has 1 heterocycles. The van der Waals surface area contributed by atoms with Crippen molar-refractivity contribution < 1.29 is 4.42 Å². The van der Waals surface area contributed by atoms with Crippen molar-refractivity contribution >= 4 is 67.7 Å². The quantitative estimate of drug-likeness (QED) is 0.193. The average Bonchev–Trinajstić information content (AvgIpc) is 3.26. The van der Waals surface area contributed by atoms with Gasteiger partial charge in [0.2, 0.25) is 5.89 Å². The third-order valence-electron chi connectivity index (χ3n) is 5.71. The number of aliphatic imine (C=N–C) groups is 1. The molecule has 5 aromatic carbocycles. The van der Waals surface area contributed by atoms with E-state index in [2.05, 4.69) is 59.6 Å². The number of oxazole rings is 1. The van der Waals surface area contributed by atoms with Crippen LogP contribution in [-0.4, -0.2) is 11.2 Å². The standard InChI is InChI=1S/C28H16Cl2N2O/c29-24-11-5-10-22(27(24)30)28-32-25-15-19(12-13-26(25)33-28)31-16-23-20-8-3-1-6-17(20)14-18-7-2-4-9-21(18)23/h1-16H.